The number of rotatable bonds is 3. The Morgan fingerprint density at radius 3 is 3.18 bits per heavy atom. The SMILES string of the molecule is CCc1nccc(N2CCCC(C(=O)O)C2)n1. The second kappa shape index (κ2) is 5.12. The summed E-state index contributed by atoms with van der Waals surface area (Å²) in [5, 5.41) is 9.04. The number of nitrogens with zero attached hydrogens (tertiary/aromatic N) is 3. The van der Waals surface area contributed by atoms with Crippen molar-refractivity contribution in [1.29, 1.82) is 0 Å². The number of piperidine rings is 1. The van der Waals surface area contributed by atoms with Crippen molar-refractivity contribution in [3.8, 4) is 0 Å². The molecule has 1 atom stereocenters. The topological polar surface area (TPSA) is 66.3 Å². The Morgan fingerprint density at radius 1 is 1.65 bits per heavy atom. The Balaban J connectivity index is 2.13. The predicted octanol–water partition coefficient (Wildman–Crippen LogP) is 1.34. The average molecular weight is 235 g/mol. The van der Waals surface area contributed by atoms with Gasteiger partial charge in [0.1, 0.15) is 11.6 Å². The molecule has 1 saturated heterocycles. The molecule has 2 heterocycles. The summed E-state index contributed by atoms with van der Waals surface area (Å²) in [5.41, 5.74) is 0. The third-order valence-electron chi connectivity index (χ3n) is 3.10. The lowest BCUT2D eigenvalue weighted by Crippen LogP contribution is -2.39. The van der Waals surface area contributed by atoms with E-state index in [1.54, 1.807) is 6.20 Å². The van der Waals surface area contributed by atoms with E-state index in [1.165, 1.54) is 0 Å². The molecule has 5 heteroatoms. The Morgan fingerprint density at radius 2 is 2.47 bits per heavy atom. The summed E-state index contributed by atoms with van der Waals surface area (Å²) >= 11 is 0. The molecule has 17 heavy (non-hydrogen) atoms. The van der Waals surface area contributed by atoms with E-state index in [1.807, 2.05) is 17.9 Å². The molecule has 0 aliphatic carbocycles. The molecule has 0 bridgehead atoms. The minimum absolute atomic E-state index is 0.274. The number of aliphatic carboxylic acids is 1. The maximum absolute atomic E-state index is 11.0. The maximum Gasteiger partial charge on any atom is 0.308 e. The Bertz CT molecular complexity index is 408. The zero-order valence-electron chi connectivity index (χ0n) is 9.96. The molecule has 1 aliphatic heterocycles. The van der Waals surface area contributed by atoms with E-state index in [-0.39, 0.29) is 5.92 Å². The Kier molecular flexibility index (Phi) is 3.56. The van der Waals surface area contributed by atoms with Gasteiger partial charge in [0.25, 0.3) is 0 Å². The van der Waals surface area contributed by atoms with Gasteiger partial charge in [0.15, 0.2) is 0 Å². The van der Waals surface area contributed by atoms with Crippen LogP contribution in [0.4, 0.5) is 5.82 Å². The van der Waals surface area contributed by atoms with Gasteiger partial charge in [-0.3, -0.25) is 4.79 Å². The fraction of sp³-hybridized carbons (Fsp3) is 0.583. The molecule has 1 unspecified atom stereocenters. The first-order chi connectivity index (χ1) is 8.20. The molecule has 0 saturated carbocycles. The maximum atomic E-state index is 11.0. The summed E-state index contributed by atoms with van der Waals surface area (Å²) in [4.78, 5) is 21.6. The molecule has 1 N–H and O–H groups in total. The van der Waals surface area contributed by atoms with Gasteiger partial charge >= 0.3 is 5.97 Å². The van der Waals surface area contributed by atoms with Gasteiger partial charge in [-0.2, -0.15) is 0 Å². The van der Waals surface area contributed by atoms with Crippen LogP contribution in [0.1, 0.15) is 25.6 Å². The van der Waals surface area contributed by atoms with Gasteiger partial charge < -0.3 is 10.0 Å². The normalized spacial score (nSPS) is 20.3. The van der Waals surface area contributed by atoms with Gasteiger partial charge in [0, 0.05) is 25.7 Å². The number of aromatic nitrogens is 2. The van der Waals surface area contributed by atoms with Gasteiger partial charge in [-0.05, 0) is 18.9 Å². The standard InChI is InChI=1S/C12H17N3O2/c1-2-10-13-6-5-11(14-10)15-7-3-4-9(8-15)12(16)17/h5-6,9H,2-4,7-8H2,1H3,(H,16,17). The van der Waals surface area contributed by atoms with E-state index in [0.29, 0.717) is 6.54 Å². The second-order valence-corrected chi connectivity index (χ2v) is 4.31. The number of carboxylic acid groups (broad SMARTS) is 1. The summed E-state index contributed by atoms with van der Waals surface area (Å²) in [6, 6.07) is 1.85. The van der Waals surface area contributed by atoms with Crippen LogP contribution in [0.15, 0.2) is 12.3 Å². The van der Waals surface area contributed by atoms with Crippen LogP contribution in [-0.2, 0) is 11.2 Å². The Hall–Kier alpha value is -1.65. The highest BCUT2D eigenvalue weighted by molar-refractivity contribution is 5.71. The lowest BCUT2D eigenvalue weighted by Gasteiger charge is -2.31. The van der Waals surface area contributed by atoms with E-state index in [2.05, 4.69) is 9.97 Å². The number of hydrogen-bond donors (Lipinski definition) is 1. The molecule has 1 aromatic rings. The van der Waals surface area contributed by atoms with E-state index in [4.69, 9.17) is 5.11 Å². The van der Waals surface area contributed by atoms with Gasteiger partial charge in [-0.25, -0.2) is 9.97 Å². The molecule has 1 fully saturated rings. The summed E-state index contributed by atoms with van der Waals surface area (Å²) in [6.07, 6.45) is 4.20. The average Bonchev–Trinajstić information content (AvgIpc) is 2.39. The zero-order chi connectivity index (χ0) is 12.3. The van der Waals surface area contributed by atoms with Crippen molar-refractivity contribution in [1.82, 2.24) is 9.97 Å². The van der Waals surface area contributed by atoms with Crippen molar-refractivity contribution in [3.05, 3.63) is 18.1 Å². The first kappa shape index (κ1) is 11.8. The van der Waals surface area contributed by atoms with Gasteiger partial charge in [0.05, 0.1) is 5.92 Å². The van der Waals surface area contributed by atoms with Gasteiger partial charge in [0.2, 0.25) is 0 Å². The monoisotopic (exact) mass is 235 g/mol. The molecule has 92 valence electrons. The molecule has 0 aromatic carbocycles. The van der Waals surface area contributed by atoms with E-state index >= 15 is 0 Å². The van der Waals surface area contributed by atoms with Crippen LogP contribution >= 0.6 is 0 Å². The number of anilines is 1. The van der Waals surface area contributed by atoms with E-state index < -0.39 is 5.97 Å². The van der Waals surface area contributed by atoms with Gasteiger partial charge in [-0.1, -0.05) is 6.92 Å². The van der Waals surface area contributed by atoms with Crippen molar-refractivity contribution in [2.45, 2.75) is 26.2 Å². The number of aryl methyl sites for hydroxylation is 1. The Labute approximate surface area is 100 Å². The highest BCUT2D eigenvalue weighted by Crippen LogP contribution is 2.21. The molecule has 1 aliphatic rings. The molecule has 2 rings (SSSR count). The summed E-state index contributed by atoms with van der Waals surface area (Å²) in [5.74, 6) is 0.672. The fourth-order valence-electron chi connectivity index (χ4n) is 2.12. The molecule has 5 nitrogen and oxygen atoms in total. The van der Waals surface area contributed by atoms with E-state index in [9.17, 15) is 4.79 Å². The third kappa shape index (κ3) is 2.72. The molecule has 0 spiro atoms. The highest BCUT2D eigenvalue weighted by atomic mass is 16.4. The second-order valence-electron chi connectivity index (χ2n) is 4.31. The number of carbonyl (C=O) groups is 1. The van der Waals surface area contributed by atoms with Crippen molar-refractivity contribution < 1.29 is 9.90 Å². The van der Waals surface area contributed by atoms with Crippen LogP contribution in [0.25, 0.3) is 0 Å². The number of hydrogen-bond acceptors (Lipinski definition) is 4. The predicted molar refractivity (Wildman–Crippen MR) is 64.0 cm³/mol. The van der Waals surface area contributed by atoms with Crippen molar-refractivity contribution in [2.24, 2.45) is 5.92 Å². The third-order valence-corrected chi connectivity index (χ3v) is 3.10. The molecule has 1 aromatic heterocycles. The smallest absolute Gasteiger partial charge is 0.308 e. The van der Waals surface area contributed by atoms with Crippen molar-refractivity contribution >= 4 is 11.8 Å². The molecular formula is C12H17N3O2. The lowest BCUT2D eigenvalue weighted by molar-refractivity contribution is -0.141. The van der Waals surface area contributed by atoms with Gasteiger partial charge in [-0.15, -0.1) is 0 Å². The van der Waals surface area contributed by atoms with Crippen LogP contribution in [0.2, 0.25) is 0 Å². The van der Waals surface area contributed by atoms with Crippen LogP contribution in [0.5, 0.6) is 0 Å². The minimum Gasteiger partial charge on any atom is -0.481 e. The first-order valence-electron chi connectivity index (χ1n) is 6.00. The summed E-state index contributed by atoms with van der Waals surface area (Å²) in [6.45, 7) is 3.44. The lowest BCUT2D eigenvalue weighted by atomic mass is 9.98. The van der Waals surface area contributed by atoms with Crippen LogP contribution < -0.4 is 4.90 Å². The number of carboxylic acids is 1. The van der Waals surface area contributed by atoms with Crippen molar-refractivity contribution in [2.75, 3.05) is 18.0 Å². The quantitative estimate of drug-likeness (QED) is 0.856. The van der Waals surface area contributed by atoms with E-state index in [0.717, 1.165) is 37.4 Å². The van der Waals surface area contributed by atoms with Crippen LogP contribution in [0, 0.1) is 5.92 Å². The van der Waals surface area contributed by atoms with Crippen LogP contribution in [0.3, 0.4) is 0 Å². The fourth-order valence-corrected chi connectivity index (χ4v) is 2.12. The van der Waals surface area contributed by atoms with Crippen LogP contribution in [-0.4, -0.2) is 34.1 Å². The summed E-state index contributed by atoms with van der Waals surface area (Å²) in [7, 11) is 0. The highest BCUT2D eigenvalue weighted by Gasteiger charge is 2.26. The largest absolute Gasteiger partial charge is 0.481 e. The van der Waals surface area contributed by atoms with Crippen molar-refractivity contribution in [3.63, 3.8) is 0 Å². The minimum atomic E-state index is -0.709. The molecular weight excluding hydrogens is 218 g/mol. The zero-order valence-corrected chi connectivity index (χ0v) is 9.96. The first-order valence-corrected chi connectivity index (χ1v) is 6.00. The molecule has 0 amide bonds. The molecule has 0 radical (unpaired) electrons. The summed E-state index contributed by atoms with van der Waals surface area (Å²) < 4.78 is 0.